The number of hydrogen-bond acceptors (Lipinski definition) is 5. The van der Waals surface area contributed by atoms with Gasteiger partial charge in [0.2, 0.25) is 0 Å². The predicted molar refractivity (Wildman–Crippen MR) is 84.8 cm³/mol. The van der Waals surface area contributed by atoms with E-state index in [9.17, 15) is 18.0 Å². The molecule has 1 atom stereocenters. The zero-order chi connectivity index (χ0) is 18.7. The maximum absolute atomic E-state index is 13.0. The van der Waals surface area contributed by atoms with E-state index in [1.807, 2.05) is 0 Å². The fourth-order valence-corrected chi connectivity index (χ4v) is 2.26. The summed E-state index contributed by atoms with van der Waals surface area (Å²) in [7, 11) is 0. The maximum atomic E-state index is 13.0. The van der Waals surface area contributed by atoms with Gasteiger partial charge in [0.25, 0.3) is 12.3 Å². The molecule has 0 aliphatic rings. The summed E-state index contributed by atoms with van der Waals surface area (Å²) < 4.78 is 43.7. The van der Waals surface area contributed by atoms with Crippen molar-refractivity contribution in [2.75, 3.05) is 0 Å². The molecule has 0 spiro atoms. The van der Waals surface area contributed by atoms with Crippen LogP contribution < -0.4 is 5.32 Å². The Morgan fingerprint density at radius 1 is 1.15 bits per heavy atom. The van der Waals surface area contributed by atoms with Crippen molar-refractivity contribution in [1.29, 1.82) is 0 Å². The van der Waals surface area contributed by atoms with E-state index in [-0.39, 0.29) is 17.3 Å². The molecule has 1 unspecified atom stereocenters. The topological polar surface area (TPSA) is 80.9 Å². The Hall–Kier alpha value is -3.23. The quantitative estimate of drug-likeness (QED) is 0.748. The van der Waals surface area contributed by atoms with Crippen LogP contribution in [0.5, 0.6) is 0 Å². The summed E-state index contributed by atoms with van der Waals surface area (Å²) >= 11 is 0. The van der Waals surface area contributed by atoms with E-state index < -0.39 is 29.9 Å². The molecule has 6 nitrogen and oxygen atoms in total. The van der Waals surface area contributed by atoms with Gasteiger partial charge in [0.05, 0.1) is 6.04 Å². The molecule has 2 aromatic heterocycles. The lowest BCUT2D eigenvalue weighted by Crippen LogP contribution is -2.28. The lowest BCUT2D eigenvalue weighted by atomic mass is 10.1. The standard InChI is InChI=1S/C17H13F3N4O2/c1-9(16-21-7-6-12(24-16)15(19)20)23-17(25)13-14(26-8-22-13)10-2-4-11(18)5-3-10/h2-9,15H,1H3,(H,23,25). The van der Waals surface area contributed by atoms with Crippen molar-refractivity contribution in [3.63, 3.8) is 0 Å². The van der Waals surface area contributed by atoms with Crippen molar-refractivity contribution >= 4 is 5.91 Å². The summed E-state index contributed by atoms with van der Waals surface area (Å²) in [6.07, 6.45) is -0.445. The first-order valence-corrected chi connectivity index (χ1v) is 7.57. The lowest BCUT2D eigenvalue weighted by Gasteiger charge is -2.13. The van der Waals surface area contributed by atoms with Gasteiger partial charge in [-0.05, 0) is 37.3 Å². The molecule has 9 heteroatoms. The molecule has 0 radical (unpaired) electrons. The molecular weight excluding hydrogens is 349 g/mol. The Morgan fingerprint density at radius 2 is 1.88 bits per heavy atom. The first kappa shape index (κ1) is 17.6. The van der Waals surface area contributed by atoms with Gasteiger partial charge in [-0.3, -0.25) is 4.79 Å². The van der Waals surface area contributed by atoms with E-state index >= 15 is 0 Å². The number of halogens is 3. The molecule has 0 saturated carbocycles. The molecule has 0 saturated heterocycles. The zero-order valence-electron chi connectivity index (χ0n) is 13.5. The summed E-state index contributed by atoms with van der Waals surface area (Å²) in [6, 6.07) is 5.72. The Balaban J connectivity index is 1.80. The van der Waals surface area contributed by atoms with Crippen molar-refractivity contribution in [3.05, 3.63) is 66.0 Å². The highest BCUT2D eigenvalue weighted by Gasteiger charge is 2.22. The van der Waals surface area contributed by atoms with E-state index in [4.69, 9.17) is 4.42 Å². The van der Waals surface area contributed by atoms with E-state index in [0.29, 0.717) is 5.56 Å². The number of amides is 1. The van der Waals surface area contributed by atoms with E-state index in [0.717, 1.165) is 12.5 Å². The third-order valence-corrected chi connectivity index (χ3v) is 3.54. The van der Waals surface area contributed by atoms with E-state index in [1.54, 1.807) is 6.92 Å². The molecule has 26 heavy (non-hydrogen) atoms. The molecule has 1 amide bonds. The normalized spacial score (nSPS) is 12.2. The van der Waals surface area contributed by atoms with Crippen molar-refractivity contribution in [2.24, 2.45) is 0 Å². The van der Waals surface area contributed by atoms with Crippen LogP contribution in [0.1, 0.15) is 41.4 Å². The Bertz CT molecular complexity index is 912. The Morgan fingerprint density at radius 3 is 2.58 bits per heavy atom. The fraction of sp³-hybridized carbons (Fsp3) is 0.176. The minimum absolute atomic E-state index is 0.0199. The number of benzene rings is 1. The molecule has 0 fully saturated rings. The second-order valence-corrected chi connectivity index (χ2v) is 5.37. The lowest BCUT2D eigenvalue weighted by molar-refractivity contribution is 0.0934. The molecule has 2 heterocycles. The Labute approximate surface area is 146 Å². The molecule has 0 bridgehead atoms. The van der Waals surface area contributed by atoms with Gasteiger partial charge < -0.3 is 9.73 Å². The van der Waals surface area contributed by atoms with Crippen molar-refractivity contribution in [3.8, 4) is 11.3 Å². The van der Waals surface area contributed by atoms with Crippen LogP contribution in [0, 0.1) is 5.82 Å². The number of hydrogen-bond donors (Lipinski definition) is 1. The van der Waals surface area contributed by atoms with Gasteiger partial charge in [-0.15, -0.1) is 0 Å². The minimum Gasteiger partial charge on any atom is -0.443 e. The van der Waals surface area contributed by atoms with Gasteiger partial charge in [0, 0.05) is 11.8 Å². The third-order valence-electron chi connectivity index (χ3n) is 3.54. The third kappa shape index (κ3) is 3.71. The average molecular weight is 362 g/mol. The summed E-state index contributed by atoms with van der Waals surface area (Å²) in [4.78, 5) is 24.0. The number of alkyl halides is 2. The van der Waals surface area contributed by atoms with Crippen molar-refractivity contribution in [1.82, 2.24) is 20.3 Å². The largest absolute Gasteiger partial charge is 0.443 e. The number of nitrogens with zero attached hydrogens (tertiary/aromatic N) is 3. The van der Waals surface area contributed by atoms with E-state index in [2.05, 4.69) is 20.3 Å². The first-order valence-electron chi connectivity index (χ1n) is 7.57. The molecule has 3 rings (SSSR count). The van der Waals surface area contributed by atoms with Crippen LogP contribution in [-0.2, 0) is 0 Å². The number of oxazole rings is 1. The van der Waals surface area contributed by atoms with Crippen LogP contribution >= 0.6 is 0 Å². The van der Waals surface area contributed by atoms with Crippen LogP contribution in [-0.4, -0.2) is 20.9 Å². The smallest absolute Gasteiger partial charge is 0.280 e. The molecule has 0 aliphatic heterocycles. The number of rotatable bonds is 5. The van der Waals surface area contributed by atoms with E-state index in [1.165, 1.54) is 30.5 Å². The minimum atomic E-state index is -2.74. The summed E-state index contributed by atoms with van der Waals surface area (Å²) in [6.45, 7) is 1.56. The number of carbonyl (C=O) groups is 1. The monoisotopic (exact) mass is 362 g/mol. The highest BCUT2D eigenvalue weighted by atomic mass is 19.3. The van der Waals surface area contributed by atoms with Gasteiger partial charge >= 0.3 is 0 Å². The van der Waals surface area contributed by atoms with Crippen LogP contribution in [0.3, 0.4) is 0 Å². The predicted octanol–water partition coefficient (Wildman–Crippen LogP) is 3.70. The first-order chi connectivity index (χ1) is 12.5. The molecule has 1 aromatic carbocycles. The van der Waals surface area contributed by atoms with Crippen LogP contribution in [0.4, 0.5) is 13.2 Å². The molecule has 1 N–H and O–H groups in total. The van der Waals surface area contributed by atoms with Gasteiger partial charge in [0.1, 0.15) is 11.5 Å². The summed E-state index contributed by atoms with van der Waals surface area (Å²) in [5.41, 5.74) is 0.0238. The van der Waals surface area contributed by atoms with Gasteiger partial charge in [-0.25, -0.2) is 28.1 Å². The SMILES string of the molecule is CC(NC(=O)c1ncoc1-c1ccc(F)cc1)c1nccc(C(F)F)n1. The highest BCUT2D eigenvalue weighted by molar-refractivity contribution is 5.97. The molecule has 3 aromatic rings. The number of aromatic nitrogens is 3. The number of nitrogens with one attached hydrogen (secondary N) is 1. The van der Waals surface area contributed by atoms with Gasteiger partial charge in [-0.1, -0.05) is 0 Å². The zero-order valence-corrected chi connectivity index (χ0v) is 13.5. The summed E-state index contributed by atoms with van der Waals surface area (Å²) in [5, 5.41) is 2.58. The van der Waals surface area contributed by atoms with Crippen molar-refractivity contribution in [2.45, 2.75) is 19.4 Å². The van der Waals surface area contributed by atoms with Crippen LogP contribution in [0.25, 0.3) is 11.3 Å². The van der Waals surface area contributed by atoms with Gasteiger partial charge in [-0.2, -0.15) is 0 Å². The van der Waals surface area contributed by atoms with Crippen LogP contribution in [0.15, 0.2) is 47.3 Å². The molecule has 0 aliphatic carbocycles. The second-order valence-electron chi connectivity index (χ2n) is 5.37. The molecular formula is C17H13F3N4O2. The van der Waals surface area contributed by atoms with Crippen molar-refractivity contribution < 1.29 is 22.4 Å². The average Bonchev–Trinajstić information content (AvgIpc) is 3.12. The fourth-order valence-electron chi connectivity index (χ4n) is 2.26. The second kappa shape index (κ2) is 7.34. The number of carbonyl (C=O) groups excluding carboxylic acids is 1. The van der Waals surface area contributed by atoms with Gasteiger partial charge in [0.15, 0.2) is 23.7 Å². The Kier molecular flexibility index (Phi) is 4.97. The maximum Gasteiger partial charge on any atom is 0.280 e. The highest BCUT2D eigenvalue weighted by Crippen LogP contribution is 2.24. The van der Waals surface area contributed by atoms with Crippen LogP contribution in [0.2, 0.25) is 0 Å². The molecule has 134 valence electrons. The summed E-state index contributed by atoms with van der Waals surface area (Å²) in [5.74, 6) is -0.819.